The highest BCUT2D eigenvalue weighted by atomic mass is 19.1. The molecule has 0 aliphatic rings. The molecule has 0 bridgehead atoms. The SMILES string of the molecule is CC(O)CNC(=O)CC(C)c1cccc(F)c1. The average Bonchev–Trinajstić information content (AvgIpc) is 2.26. The zero-order valence-electron chi connectivity index (χ0n) is 10.1. The minimum Gasteiger partial charge on any atom is -0.392 e. The fraction of sp³-hybridized carbons (Fsp3) is 0.462. The third-order valence-electron chi connectivity index (χ3n) is 2.50. The number of rotatable bonds is 5. The van der Waals surface area contributed by atoms with Crippen molar-refractivity contribution in [1.82, 2.24) is 5.32 Å². The number of hydrogen-bond donors (Lipinski definition) is 2. The lowest BCUT2D eigenvalue weighted by Gasteiger charge is -2.12. The molecule has 17 heavy (non-hydrogen) atoms. The van der Waals surface area contributed by atoms with Gasteiger partial charge in [-0.05, 0) is 30.5 Å². The molecule has 3 nitrogen and oxygen atoms in total. The number of halogens is 1. The molecule has 1 rings (SSSR count). The molecule has 0 aliphatic carbocycles. The average molecular weight is 239 g/mol. The van der Waals surface area contributed by atoms with Crippen LogP contribution in [0.5, 0.6) is 0 Å². The summed E-state index contributed by atoms with van der Waals surface area (Å²) < 4.78 is 13.0. The smallest absolute Gasteiger partial charge is 0.220 e. The van der Waals surface area contributed by atoms with Crippen LogP contribution in [0.1, 0.15) is 31.7 Å². The van der Waals surface area contributed by atoms with Gasteiger partial charge >= 0.3 is 0 Å². The van der Waals surface area contributed by atoms with Gasteiger partial charge in [-0.3, -0.25) is 4.79 Å². The number of carbonyl (C=O) groups is 1. The zero-order chi connectivity index (χ0) is 12.8. The molecule has 0 radical (unpaired) electrons. The maximum atomic E-state index is 13.0. The van der Waals surface area contributed by atoms with Gasteiger partial charge in [0, 0.05) is 13.0 Å². The van der Waals surface area contributed by atoms with Gasteiger partial charge in [0.1, 0.15) is 5.82 Å². The lowest BCUT2D eigenvalue weighted by Crippen LogP contribution is -2.31. The van der Waals surface area contributed by atoms with Gasteiger partial charge in [-0.15, -0.1) is 0 Å². The number of amides is 1. The summed E-state index contributed by atoms with van der Waals surface area (Å²) in [5, 5.41) is 11.6. The summed E-state index contributed by atoms with van der Waals surface area (Å²) in [6.07, 6.45) is -0.265. The van der Waals surface area contributed by atoms with Crippen LogP contribution >= 0.6 is 0 Å². The molecule has 0 aromatic heterocycles. The number of benzene rings is 1. The van der Waals surface area contributed by atoms with Gasteiger partial charge in [0.2, 0.25) is 5.91 Å². The van der Waals surface area contributed by atoms with Crippen molar-refractivity contribution >= 4 is 5.91 Å². The predicted octanol–water partition coefficient (Wildman–Crippen LogP) is 1.82. The van der Waals surface area contributed by atoms with Gasteiger partial charge in [0.05, 0.1) is 6.10 Å². The Bertz CT molecular complexity index is 379. The van der Waals surface area contributed by atoms with Crippen molar-refractivity contribution in [3.63, 3.8) is 0 Å². The van der Waals surface area contributed by atoms with Gasteiger partial charge in [-0.25, -0.2) is 4.39 Å². The van der Waals surface area contributed by atoms with E-state index in [2.05, 4.69) is 5.32 Å². The van der Waals surface area contributed by atoms with E-state index in [9.17, 15) is 9.18 Å². The third-order valence-corrected chi connectivity index (χ3v) is 2.50. The zero-order valence-corrected chi connectivity index (χ0v) is 10.1. The van der Waals surface area contributed by atoms with Crippen LogP contribution in [0.4, 0.5) is 4.39 Å². The van der Waals surface area contributed by atoms with Gasteiger partial charge in [0.15, 0.2) is 0 Å². The standard InChI is InChI=1S/C13H18FNO2/c1-9(6-13(17)15-8-10(2)16)11-4-3-5-12(14)7-11/h3-5,7,9-10,16H,6,8H2,1-2H3,(H,15,17). The molecule has 1 amide bonds. The second-order valence-electron chi connectivity index (χ2n) is 4.31. The molecule has 94 valence electrons. The molecule has 1 aromatic carbocycles. The normalized spacial score (nSPS) is 14.1. The first-order valence-electron chi connectivity index (χ1n) is 5.69. The van der Waals surface area contributed by atoms with E-state index in [1.165, 1.54) is 12.1 Å². The maximum absolute atomic E-state index is 13.0. The maximum Gasteiger partial charge on any atom is 0.220 e. The Labute approximate surface area is 101 Å². The second-order valence-corrected chi connectivity index (χ2v) is 4.31. The fourth-order valence-electron chi connectivity index (χ4n) is 1.54. The fourth-order valence-corrected chi connectivity index (χ4v) is 1.54. The Kier molecular flexibility index (Phi) is 5.10. The van der Waals surface area contributed by atoms with Crippen LogP contribution in [0.25, 0.3) is 0 Å². The van der Waals surface area contributed by atoms with Crippen molar-refractivity contribution in [2.75, 3.05) is 6.54 Å². The van der Waals surface area contributed by atoms with E-state index < -0.39 is 6.10 Å². The van der Waals surface area contributed by atoms with Crippen LogP contribution in [-0.4, -0.2) is 23.7 Å². The van der Waals surface area contributed by atoms with Crippen LogP contribution in [0.3, 0.4) is 0 Å². The van der Waals surface area contributed by atoms with Gasteiger partial charge in [-0.2, -0.15) is 0 Å². The third kappa shape index (κ3) is 4.95. The first-order valence-corrected chi connectivity index (χ1v) is 5.69. The Balaban J connectivity index is 2.48. The van der Waals surface area contributed by atoms with E-state index in [1.807, 2.05) is 6.92 Å². The topological polar surface area (TPSA) is 49.3 Å². The molecule has 0 heterocycles. The van der Waals surface area contributed by atoms with Crippen molar-refractivity contribution < 1.29 is 14.3 Å². The van der Waals surface area contributed by atoms with E-state index in [0.717, 1.165) is 5.56 Å². The highest BCUT2D eigenvalue weighted by molar-refractivity contribution is 5.76. The lowest BCUT2D eigenvalue weighted by molar-refractivity contribution is -0.121. The van der Waals surface area contributed by atoms with E-state index in [1.54, 1.807) is 19.1 Å². The summed E-state index contributed by atoms with van der Waals surface area (Å²) in [4.78, 5) is 11.5. The monoisotopic (exact) mass is 239 g/mol. The Morgan fingerprint density at radius 1 is 1.47 bits per heavy atom. The molecular formula is C13H18FNO2. The Morgan fingerprint density at radius 2 is 2.18 bits per heavy atom. The van der Waals surface area contributed by atoms with Crippen molar-refractivity contribution in [2.24, 2.45) is 0 Å². The number of aliphatic hydroxyl groups excluding tert-OH is 1. The second kappa shape index (κ2) is 6.35. The minimum absolute atomic E-state index is 0.0419. The molecule has 2 unspecified atom stereocenters. The summed E-state index contributed by atoms with van der Waals surface area (Å²) in [5.74, 6) is -0.471. The lowest BCUT2D eigenvalue weighted by atomic mass is 9.97. The van der Waals surface area contributed by atoms with Gasteiger partial charge in [0.25, 0.3) is 0 Å². The molecular weight excluding hydrogens is 221 g/mol. The molecule has 0 fully saturated rings. The van der Waals surface area contributed by atoms with Crippen molar-refractivity contribution in [3.8, 4) is 0 Å². The number of aliphatic hydroxyl groups is 1. The molecule has 0 saturated heterocycles. The number of carbonyl (C=O) groups excluding carboxylic acids is 1. The summed E-state index contributed by atoms with van der Waals surface area (Å²) in [6, 6.07) is 6.25. The molecule has 2 N–H and O–H groups in total. The largest absolute Gasteiger partial charge is 0.392 e. The van der Waals surface area contributed by atoms with Crippen LogP contribution in [0.2, 0.25) is 0 Å². The van der Waals surface area contributed by atoms with Crippen molar-refractivity contribution in [2.45, 2.75) is 32.3 Å². The van der Waals surface area contributed by atoms with Crippen LogP contribution in [-0.2, 0) is 4.79 Å². The van der Waals surface area contributed by atoms with E-state index in [4.69, 9.17) is 5.11 Å². The summed E-state index contributed by atoms with van der Waals surface area (Å²) >= 11 is 0. The summed E-state index contributed by atoms with van der Waals surface area (Å²) in [5.41, 5.74) is 0.803. The molecule has 4 heteroatoms. The minimum atomic E-state index is -0.552. The molecule has 0 aliphatic heterocycles. The van der Waals surface area contributed by atoms with Crippen LogP contribution in [0.15, 0.2) is 24.3 Å². The van der Waals surface area contributed by atoms with Crippen molar-refractivity contribution in [3.05, 3.63) is 35.6 Å². The van der Waals surface area contributed by atoms with E-state index >= 15 is 0 Å². The molecule has 1 aromatic rings. The number of hydrogen-bond acceptors (Lipinski definition) is 2. The highest BCUT2D eigenvalue weighted by Crippen LogP contribution is 2.19. The quantitative estimate of drug-likeness (QED) is 0.823. The number of nitrogens with one attached hydrogen (secondary N) is 1. The van der Waals surface area contributed by atoms with Gasteiger partial charge < -0.3 is 10.4 Å². The summed E-state index contributed by atoms with van der Waals surface area (Å²) in [7, 11) is 0. The van der Waals surface area contributed by atoms with Crippen LogP contribution < -0.4 is 5.32 Å². The van der Waals surface area contributed by atoms with E-state index in [-0.39, 0.29) is 30.6 Å². The predicted molar refractivity (Wildman–Crippen MR) is 64.1 cm³/mol. The first kappa shape index (κ1) is 13.6. The Hall–Kier alpha value is -1.42. The summed E-state index contributed by atoms with van der Waals surface area (Å²) in [6.45, 7) is 3.72. The van der Waals surface area contributed by atoms with Gasteiger partial charge in [-0.1, -0.05) is 19.1 Å². The van der Waals surface area contributed by atoms with Crippen LogP contribution in [0, 0.1) is 5.82 Å². The highest BCUT2D eigenvalue weighted by Gasteiger charge is 2.11. The first-order chi connectivity index (χ1) is 7.99. The van der Waals surface area contributed by atoms with E-state index in [0.29, 0.717) is 0 Å². The Morgan fingerprint density at radius 3 is 2.76 bits per heavy atom. The molecule has 0 saturated carbocycles. The molecule has 2 atom stereocenters. The molecule has 0 spiro atoms. The van der Waals surface area contributed by atoms with Crippen molar-refractivity contribution in [1.29, 1.82) is 0 Å².